The molecule has 0 aromatic heterocycles. The van der Waals surface area contributed by atoms with Crippen molar-refractivity contribution < 1.29 is 29.4 Å². The first kappa shape index (κ1) is 29.4. The second kappa shape index (κ2) is 14.1. The highest BCUT2D eigenvalue weighted by Crippen LogP contribution is 2.23. The molecule has 9 nitrogen and oxygen atoms in total. The fourth-order valence-corrected chi connectivity index (χ4v) is 4.25. The zero-order valence-electron chi connectivity index (χ0n) is 21.2. The predicted molar refractivity (Wildman–Crippen MR) is 152 cm³/mol. The van der Waals surface area contributed by atoms with Gasteiger partial charge in [0, 0.05) is 17.9 Å². The van der Waals surface area contributed by atoms with Gasteiger partial charge in [0.05, 0.1) is 0 Å². The molecule has 3 rings (SSSR count). The van der Waals surface area contributed by atoms with E-state index in [2.05, 4.69) is 17.9 Å². The quantitative estimate of drug-likeness (QED) is 0.206. The molecule has 0 saturated heterocycles. The van der Waals surface area contributed by atoms with Crippen molar-refractivity contribution >= 4 is 42.1 Å². The molecular weight excluding hydrogens is 518 g/mol. The highest BCUT2D eigenvalue weighted by atomic mass is 32.1. The van der Waals surface area contributed by atoms with Crippen LogP contribution in [0.15, 0.2) is 78.9 Å². The number of carbonyl (C=O) groups is 4. The van der Waals surface area contributed by atoms with Gasteiger partial charge in [-0.15, -0.1) is 0 Å². The first-order valence-corrected chi connectivity index (χ1v) is 13.0. The molecule has 2 amide bonds. The van der Waals surface area contributed by atoms with Gasteiger partial charge in [0.25, 0.3) is 5.91 Å². The van der Waals surface area contributed by atoms with E-state index in [0.717, 1.165) is 27.2 Å². The normalized spacial score (nSPS) is 12.3. The zero-order chi connectivity index (χ0) is 28.4. The standard InChI is InChI=1S/C29H31N3O6S/c30-24(29(37)38)13-14-26(33)31-25(18-39)28(36)32(17-27(34)35)23-8-4-5-20(16-23)15-19-9-11-22(12-10-19)21-6-2-1-3-7-21/h1-12,16,24-25,39H,13-15,17-18,30H2,(H,31,33)(H,34,35)(H,37,38)/t24-,25-/m0/s1. The van der Waals surface area contributed by atoms with E-state index >= 15 is 0 Å². The van der Waals surface area contributed by atoms with Crippen LogP contribution in [0.5, 0.6) is 0 Å². The number of anilines is 1. The van der Waals surface area contributed by atoms with Gasteiger partial charge >= 0.3 is 11.9 Å². The molecule has 3 aromatic carbocycles. The van der Waals surface area contributed by atoms with Crippen molar-refractivity contribution in [1.29, 1.82) is 0 Å². The predicted octanol–water partition coefficient (Wildman–Crippen LogP) is 2.97. The molecule has 5 N–H and O–H groups in total. The third kappa shape index (κ3) is 8.69. The van der Waals surface area contributed by atoms with Crippen LogP contribution in [0.3, 0.4) is 0 Å². The van der Waals surface area contributed by atoms with Crippen molar-refractivity contribution in [3.63, 3.8) is 0 Å². The number of aliphatic carboxylic acids is 2. The Kier molecular flexibility index (Phi) is 10.7. The highest BCUT2D eigenvalue weighted by molar-refractivity contribution is 7.80. The molecule has 39 heavy (non-hydrogen) atoms. The Morgan fingerprint density at radius 2 is 1.54 bits per heavy atom. The number of rotatable bonds is 13. The lowest BCUT2D eigenvalue weighted by Crippen LogP contribution is -2.51. The summed E-state index contributed by atoms with van der Waals surface area (Å²) in [6, 6.07) is 22.8. The summed E-state index contributed by atoms with van der Waals surface area (Å²) >= 11 is 4.16. The topological polar surface area (TPSA) is 150 Å². The lowest BCUT2D eigenvalue weighted by molar-refractivity contribution is -0.139. The van der Waals surface area contributed by atoms with Crippen LogP contribution < -0.4 is 16.0 Å². The molecule has 0 saturated carbocycles. The summed E-state index contributed by atoms with van der Waals surface area (Å²) in [5.74, 6) is -3.76. The van der Waals surface area contributed by atoms with Crippen molar-refractivity contribution in [2.45, 2.75) is 31.3 Å². The molecule has 0 radical (unpaired) electrons. The maximum absolute atomic E-state index is 13.3. The van der Waals surface area contributed by atoms with E-state index in [1.807, 2.05) is 60.7 Å². The van der Waals surface area contributed by atoms with Gasteiger partial charge in [0.2, 0.25) is 5.91 Å². The number of hydrogen-bond donors (Lipinski definition) is 5. The van der Waals surface area contributed by atoms with Gasteiger partial charge in [0.1, 0.15) is 18.6 Å². The number of carbonyl (C=O) groups excluding carboxylic acids is 2. The van der Waals surface area contributed by atoms with Crippen molar-refractivity contribution in [2.24, 2.45) is 5.73 Å². The molecule has 0 heterocycles. The molecule has 0 aliphatic rings. The van der Waals surface area contributed by atoms with Gasteiger partial charge in [0.15, 0.2) is 0 Å². The van der Waals surface area contributed by atoms with E-state index in [-0.39, 0.29) is 18.6 Å². The zero-order valence-corrected chi connectivity index (χ0v) is 22.1. The molecule has 0 bridgehead atoms. The number of hydrogen-bond acceptors (Lipinski definition) is 6. The van der Waals surface area contributed by atoms with Crippen LogP contribution >= 0.6 is 12.6 Å². The van der Waals surface area contributed by atoms with E-state index in [0.29, 0.717) is 12.1 Å². The molecule has 3 aromatic rings. The van der Waals surface area contributed by atoms with Crippen LogP contribution in [-0.2, 0) is 25.6 Å². The Hall–Kier alpha value is -4.15. The summed E-state index contributed by atoms with van der Waals surface area (Å²) in [7, 11) is 0. The maximum Gasteiger partial charge on any atom is 0.323 e. The summed E-state index contributed by atoms with van der Waals surface area (Å²) in [6.45, 7) is -0.613. The van der Waals surface area contributed by atoms with Crippen LogP contribution in [0.2, 0.25) is 0 Å². The minimum absolute atomic E-state index is 0.0842. The highest BCUT2D eigenvalue weighted by Gasteiger charge is 2.28. The Bertz CT molecular complexity index is 1300. The fraction of sp³-hybridized carbons (Fsp3) is 0.241. The summed E-state index contributed by atoms with van der Waals surface area (Å²) in [6.07, 6.45) is 0.249. The van der Waals surface area contributed by atoms with Crippen molar-refractivity contribution in [3.05, 3.63) is 90.0 Å². The van der Waals surface area contributed by atoms with Crippen molar-refractivity contribution in [3.8, 4) is 11.1 Å². The number of nitrogens with one attached hydrogen (secondary N) is 1. The van der Waals surface area contributed by atoms with Gasteiger partial charge < -0.3 is 21.3 Å². The molecular formula is C29H31N3O6S. The van der Waals surface area contributed by atoms with Gasteiger partial charge in [-0.1, -0.05) is 66.7 Å². The smallest absolute Gasteiger partial charge is 0.323 e. The molecule has 0 unspecified atom stereocenters. The van der Waals surface area contributed by atoms with E-state index in [1.54, 1.807) is 18.2 Å². The monoisotopic (exact) mass is 549 g/mol. The second-order valence-electron chi connectivity index (χ2n) is 9.01. The molecule has 0 spiro atoms. The van der Waals surface area contributed by atoms with Crippen LogP contribution in [-0.4, -0.2) is 58.3 Å². The van der Waals surface area contributed by atoms with E-state index in [1.165, 1.54) is 0 Å². The summed E-state index contributed by atoms with van der Waals surface area (Å²) in [5, 5.41) is 20.9. The summed E-state index contributed by atoms with van der Waals surface area (Å²) in [5.41, 5.74) is 9.93. The summed E-state index contributed by atoms with van der Waals surface area (Å²) < 4.78 is 0. The van der Waals surface area contributed by atoms with Gasteiger partial charge in [-0.2, -0.15) is 12.6 Å². The lowest BCUT2D eigenvalue weighted by atomic mass is 10.00. The van der Waals surface area contributed by atoms with Gasteiger partial charge in [-0.05, 0) is 47.2 Å². The van der Waals surface area contributed by atoms with Crippen LogP contribution in [0, 0.1) is 0 Å². The summed E-state index contributed by atoms with van der Waals surface area (Å²) in [4.78, 5) is 49.2. The second-order valence-corrected chi connectivity index (χ2v) is 9.38. The molecule has 0 aliphatic carbocycles. The third-order valence-corrected chi connectivity index (χ3v) is 6.43. The van der Waals surface area contributed by atoms with Gasteiger partial charge in [-0.25, -0.2) is 0 Å². The minimum Gasteiger partial charge on any atom is -0.480 e. The molecule has 204 valence electrons. The SMILES string of the molecule is N[C@@H](CCC(=O)N[C@@H](CS)C(=O)N(CC(=O)O)c1cccc(Cc2ccc(-c3ccccc3)cc2)c1)C(=O)O. The largest absolute Gasteiger partial charge is 0.480 e. The number of amides is 2. The Morgan fingerprint density at radius 3 is 2.15 bits per heavy atom. The number of carboxylic acid groups (broad SMARTS) is 2. The Balaban J connectivity index is 1.74. The first-order valence-electron chi connectivity index (χ1n) is 12.3. The maximum atomic E-state index is 13.3. The van der Waals surface area contributed by atoms with Crippen LogP contribution in [0.4, 0.5) is 5.69 Å². The van der Waals surface area contributed by atoms with Gasteiger partial charge in [-0.3, -0.25) is 24.1 Å². The number of nitrogens with zero attached hydrogens (tertiary/aromatic N) is 1. The lowest BCUT2D eigenvalue weighted by Gasteiger charge is -2.26. The van der Waals surface area contributed by atoms with E-state index in [4.69, 9.17) is 10.8 Å². The van der Waals surface area contributed by atoms with Crippen LogP contribution in [0.1, 0.15) is 24.0 Å². The number of thiol groups is 1. The Labute approximate surface area is 232 Å². The average molecular weight is 550 g/mol. The Morgan fingerprint density at radius 1 is 0.872 bits per heavy atom. The fourth-order valence-electron chi connectivity index (χ4n) is 4.00. The molecule has 2 atom stereocenters. The average Bonchev–Trinajstić information content (AvgIpc) is 2.93. The first-order chi connectivity index (χ1) is 18.7. The molecule has 10 heteroatoms. The number of carboxylic acids is 2. The molecule has 0 fully saturated rings. The van der Waals surface area contributed by atoms with Crippen molar-refractivity contribution in [1.82, 2.24) is 5.32 Å². The molecule has 0 aliphatic heterocycles. The number of benzene rings is 3. The minimum atomic E-state index is -1.23. The number of nitrogens with two attached hydrogens (primary N) is 1. The van der Waals surface area contributed by atoms with Crippen LogP contribution in [0.25, 0.3) is 11.1 Å². The van der Waals surface area contributed by atoms with Crippen molar-refractivity contribution in [2.75, 3.05) is 17.2 Å². The van der Waals surface area contributed by atoms with E-state index < -0.39 is 42.4 Å². The third-order valence-electron chi connectivity index (χ3n) is 6.07. The van der Waals surface area contributed by atoms with E-state index in [9.17, 15) is 24.3 Å².